The van der Waals surface area contributed by atoms with Crippen LogP contribution in [0.2, 0.25) is 0 Å². The molecule has 0 radical (unpaired) electrons. The highest BCUT2D eigenvalue weighted by Gasteiger charge is 2.12. The third kappa shape index (κ3) is 3.45. The Morgan fingerprint density at radius 3 is 2.70 bits per heavy atom. The van der Waals surface area contributed by atoms with E-state index in [-0.39, 0.29) is 11.9 Å². The Balaban J connectivity index is 1.84. The molecule has 0 saturated carbocycles. The second kappa shape index (κ2) is 6.34. The molecule has 2 aromatic rings. The number of nitrogens with two attached hydrogens (primary N) is 1. The fraction of sp³-hybridized carbons (Fsp3) is 0.333. The van der Waals surface area contributed by atoms with E-state index >= 15 is 0 Å². The highest BCUT2D eigenvalue weighted by Crippen LogP contribution is 2.12. The minimum atomic E-state index is -0.101. The Bertz CT molecular complexity index is 577. The van der Waals surface area contributed by atoms with Crippen LogP contribution in [-0.2, 0) is 7.05 Å². The van der Waals surface area contributed by atoms with Crippen LogP contribution in [0.4, 0.5) is 0 Å². The summed E-state index contributed by atoms with van der Waals surface area (Å²) in [5, 5.41) is 7.04. The van der Waals surface area contributed by atoms with Crippen molar-refractivity contribution < 1.29 is 4.79 Å². The van der Waals surface area contributed by atoms with Gasteiger partial charge in [-0.15, -0.1) is 0 Å². The molecule has 3 N–H and O–H groups in total. The Kier molecular flexibility index (Phi) is 4.53. The first-order valence-electron chi connectivity index (χ1n) is 6.67. The number of aromatic nitrogens is 2. The molecule has 1 amide bonds. The van der Waals surface area contributed by atoms with Crippen LogP contribution >= 0.6 is 0 Å². The zero-order valence-electron chi connectivity index (χ0n) is 11.8. The SMILES string of the molecule is Cc1nn(C)cc1C(=O)NCCC(N)c1ccccc1. The summed E-state index contributed by atoms with van der Waals surface area (Å²) in [5.41, 5.74) is 8.51. The Hall–Kier alpha value is -2.14. The zero-order valence-corrected chi connectivity index (χ0v) is 11.8. The molecule has 0 aliphatic carbocycles. The molecular formula is C15H20N4O. The molecule has 2 rings (SSSR count). The van der Waals surface area contributed by atoms with Crippen LogP contribution in [0, 0.1) is 6.92 Å². The van der Waals surface area contributed by atoms with Gasteiger partial charge in [0.05, 0.1) is 11.3 Å². The molecule has 20 heavy (non-hydrogen) atoms. The summed E-state index contributed by atoms with van der Waals surface area (Å²) >= 11 is 0. The van der Waals surface area contributed by atoms with Crippen molar-refractivity contribution in [3.8, 4) is 0 Å². The molecule has 0 saturated heterocycles. The van der Waals surface area contributed by atoms with Crippen LogP contribution in [-0.4, -0.2) is 22.2 Å². The van der Waals surface area contributed by atoms with E-state index in [9.17, 15) is 4.79 Å². The number of nitrogens with one attached hydrogen (secondary N) is 1. The van der Waals surface area contributed by atoms with Crippen LogP contribution in [0.1, 0.15) is 34.1 Å². The maximum atomic E-state index is 12.0. The normalized spacial score (nSPS) is 12.2. The van der Waals surface area contributed by atoms with E-state index in [4.69, 9.17) is 5.73 Å². The van der Waals surface area contributed by atoms with Crippen molar-refractivity contribution in [2.45, 2.75) is 19.4 Å². The standard InChI is InChI=1S/C15H20N4O/c1-11-13(10-19(2)18-11)15(20)17-9-8-14(16)12-6-4-3-5-7-12/h3-7,10,14H,8-9,16H2,1-2H3,(H,17,20). The molecule has 1 atom stereocenters. The molecule has 1 heterocycles. The van der Waals surface area contributed by atoms with Crippen molar-refractivity contribution >= 4 is 5.91 Å². The van der Waals surface area contributed by atoms with Crippen LogP contribution in [0.25, 0.3) is 0 Å². The van der Waals surface area contributed by atoms with E-state index in [1.807, 2.05) is 37.3 Å². The summed E-state index contributed by atoms with van der Waals surface area (Å²) in [7, 11) is 1.80. The molecule has 0 aliphatic rings. The number of nitrogens with zero attached hydrogens (tertiary/aromatic N) is 2. The third-order valence-electron chi connectivity index (χ3n) is 3.23. The van der Waals surface area contributed by atoms with Crippen molar-refractivity contribution in [1.82, 2.24) is 15.1 Å². The molecule has 1 aromatic heterocycles. The zero-order chi connectivity index (χ0) is 14.5. The fourth-order valence-electron chi connectivity index (χ4n) is 2.13. The highest BCUT2D eigenvalue weighted by atomic mass is 16.1. The lowest BCUT2D eigenvalue weighted by molar-refractivity contribution is 0.0952. The molecule has 0 aliphatic heterocycles. The van der Waals surface area contributed by atoms with Gasteiger partial charge in [0.25, 0.3) is 5.91 Å². The molecule has 5 heteroatoms. The maximum Gasteiger partial charge on any atom is 0.254 e. The van der Waals surface area contributed by atoms with Gasteiger partial charge in [-0.2, -0.15) is 5.10 Å². The monoisotopic (exact) mass is 272 g/mol. The van der Waals surface area contributed by atoms with Crippen LogP contribution < -0.4 is 11.1 Å². The third-order valence-corrected chi connectivity index (χ3v) is 3.23. The van der Waals surface area contributed by atoms with Gasteiger partial charge in [-0.3, -0.25) is 9.48 Å². The smallest absolute Gasteiger partial charge is 0.254 e. The lowest BCUT2D eigenvalue weighted by atomic mass is 10.1. The van der Waals surface area contributed by atoms with Crippen molar-refractivity contribution in [2.75, 3.05) is 6.54 Å². The molecule has 0 fully saturated rings. The Morgan fingerprint density at radius 2 is 2.10 bits per heavy atom. The van der Waals surface area contributed by atoms with Gasteiger partial charge < -0.3 is 11.1 Å². The number of hydrogen-bond acceptors (Lipinski definition) is 3. The lowest BCUT2D eigenvalue weighted by Crippen LogP contribution is -2.27. The van der Waals surface area contributed by atoms with E-state index in [1.54, 1.807) is 17.9 Å². The second-order valence-corrected chi connectivity index (χ2v) is 4.86. The Morgan fingerprint density at radius 1 is 1.40 bits per heavy atom. The lowest BCUT2D eigenvalue weighted by Gasteiger charge is -2.12. The van der Waals surface area contributed by atoms with Crippen molar-refractivity contribution in [3.05, 3.63) is 53.3 Å². The number of amides is 1. The number of hydrogen-bond donors (Lipinski definition) is 2. The summed E-state index contributed by atoms with van der Waals surface area (Å²) < 4.78 is 1.64. The quantitative estimate of drug-likeness (QED) is 0.867. The van der Waals surface area contributed by atoms with E-state index < -0.39 is 0 Å². The van der Waals surface area contributed by atoms with E-state index in [0.29, 0.717) is 18.5 Å². The summed E-state index contributed by atoms with van der Waals surface area (Å²) in [4.78, 5) is 12.0. The van der Waals surface area contributed by atoms with E-state index in [1.165, 1.54) is 0 Å². The predicted molar refractivity (Wildman–Crippen MR) is 78.3 cm³/mol. The first-order valence-corrected chi connectivity index (χ1v) is 6.67. The van der Waals surface area contributed by atoms with Gasteiger partial charge in [0, 0.05) is 25.8 Å². The van der Waals surface area contributed by atoms with Gasteiger partial charge in [-0.25, -0.2) is 0 Å². The summed E-state index contributed by atoms with van der Waals surface area (Å²) in [6, 6.07) is 9.82. The maximum absolute atomic E-state index is 12.0. The fourth-order valence-corrected chi connectivity index (χ4v) is 2.13. The molecule has 1 unspecified atom stereocenters. The summed E-state index contributed by atoms with van der Waals surface area (Å²) in [6.45, 7) is 2.37. The van der Waals surface area contributed by atoms with E-state index in [0.717, 1.165) is 11.3 Å². The predicted octanol–water partition coefficient (Wildman–Crippen LogP) is 1.55. The first-order chi connectivity index (χ1) is 9.58. The van der Waals surface area contributed by atoms with Gasteiger partial charge in [0.2, 0.25) is 0 Å². The number of benzene rings is 1. The van der Waals surface area contributed by atoms with Crippen molar-refractivity contribution in [3.63, 3.8) is 0 Å². The van der Waals surface area contributed by atoms with Gasteiger partial charge in [0.1, 0.15) is 0 Å². The van der Waals surface area contributed by atoms with Crippen molar-refractivity contribution in [2.24, 2.45) is 12.8 Å². The molecule has 0 bridgehead atoms. The molecule has 1 aromatic carbocycles. The molecule has 0 spiro atoms. The molecule has 106 valence electrons. The summed E-state index contributed by atoms with van der Waals surface area (Å²) in [6.07, 6.45) is 2.43. The number of carbonyl (C=O) groups excluding carboxylic acids is 1. The second-order valence-electron chi connectivity index (χ2n) is 4.86. The molecule has 5 nitrogen and oxygen atoms in total. The summed E-state index contributed by atoms with van der Waals surface area (Å²) in [5.74, 6) is -0.101. The number of aryl methyl sites for hydroxylation is 2. The average molecular weight is 272 g/mol. The largest absolute Gasteiger partial charge is 0.352 e. The molecular weight excluding hydrogens is 252 g/mol. The first kappa shape index (κ1) is 14.3. The minimum absolute atomic E-state index is 0.0634. The van der Waals surface area contributed by atoms with Gasteiger partial charge >= 0.3 is 0 Å². The average Bonchev–Trinajstić information content (AvgIpc) is 2.78. The van der Waals surface area contributed by atoms with Crippen molar-refractivity contribution in [1.29, 1.82) is 0 Å². The minimum Gasteiger partial charge on any atom is -0.352 e. The topological polar surface area (TPSA) is 72.9 Å². The van der Waals surface area contributed by atoms with E-state index in [2.05, 4.69) is 10.4 Å². The van der Waals surface area contributed by atoms with Crippen LogP contribution in [0.5, 0.6) is 0 Å². The number of rotatable bonds is 5. The van der Waals surface area contributed by atoms with Gasteiger partial charge in [-0.1, -0.05) is 30.3 Å². The van der Waals surface area contributed by atoms with Gasteiger partial charge in [0.15, 0.2) is 0 Å². The number of carbonyl (C=O) groups is 1. The van der Waals surface area contributed by atoms with Crippen LogP contribution in [0.15, 0.2) is 36.5 Å². The van der Waals surface area contributed by atoms with Gasteiger partial charge in [-0.05, 0) is 18.9 Å². The highest BCUT2D eigenvalue weighted by molar-refractivity contribution is 5.94. The Labute approximate surface area is 118 Å². The van der Waals surface area contributed by atoms with Crippen LogP contribution in [0.3, 0.4) is 0 Å².